The Morgan fingerprint density at radius 2 is 2.07 bits per heavy atom. The Bertz CT molecular complexity index is 399. The van der Waals surface area contributed by atoms with E-state index in [1.54, 1.807) is 4.90 Å². The maximum absolute atomic E-state index is 11.5. The Balaban J connectivity index is 2.62. The number of nitrogens with zero attached hydrogens (tertiary/aromatic N) is 1. The lowest BCUT2D eigenvalue weighted by Gasteiger charge is -2.29. The Labute approximate surface area is 83.7 Å². The number of rotatable bonds is 0. The van der Waals surface area contributed by atoms with Crippen LogP contribution < -0.4 is 10.2 Å². The van der Waals surface area contributed by atoms with Crippen LogP contribution in [0.4, 0.5) is 11.4 Å². The predicted molar refractivity (Wildman–Crippen MR) is 57.8 cm³/mol. The lowest BCUT2D eigenvalue weighted by Crippen LogP contribution is -2.37. The van der Waals surface area contributed by atoms with Crippen molar-refractivity contribution in [2.45, 2.75) is 13.8 Å². The molecule has 0 bridgehead atoms. The fraction of sp³-hybridized carbons (Fsp3) is 0.364. The Morgan fingerprint density at radius 3 is 2.79 bits per heavy atom. The van der Waals surface area contributed by atoms with Gasteiger partial charge in [-0.05, 0) is 31.0 Å². The minimum atomic E-state index is 0.117. The molecule has 14 heavy (non-hydrogen) atoms. The predicted octanol–water partition coefficient (Wildman–Crippen LogP) is 1.69. The molecule has 3 heteroatoms. The van der Waals surface area contributed by atoms with Crippen molar-refractivity contribution in [1.82, 2.24) is 0 Å². The van der Waals surface area contributed by atoms with E-state index >= 15 is 0 Å². The summed E-state index contributed by atoms with van der Waals surface area (Å²) in [4.78, 5) is 13.2. The van der Waals surface area contributed by atoms with Gasteiger partial charge in [-0.2, -0.15) is 0 Å². The summed E-state index contributed by atoms with van der Waals surface area (Å²) >= 11 is 0. The van der Waals surface area contributed by atoms with Gasteiger partial charge in [-0.25, -0.2) is 0 Å². The average molecular weight is 190 g/mol. The number of carbonyl (C=O) groups is 1. The molecule has 3 nitrogen and oxygen atoms in total. The lowest BCUT2D eigenvalue weighted by atomic mass is 10.0. The van der Waals surface area contributed by atoms with Crippen LogP contribution in [-0.2, 0) is 4.79 Å². The zero-order chi connectivity index (χ0) is 10.3. The molecule has 1 amide bonds. The Morgan fingerprint density at radius 1 is 1.36 bits per heavy atom. The number of fused-ring (bicyclic) bond motifs is 1. The number of carbonyl (C=O) groups excluding carboxylic acids is 1. The molecule has 1 aromatic carbocycles. The molecule has 0 atom stereocenters. The number of aryl methyl sites for hydroxylation is 1. The van der Waals surface area contributed by atoms with Crippen LogP contribution in [0, 0.1) is 13.8 Å². The van der Waals surface area contributed by atoms with Crippen LogP contribution in [0.5, 0.6) is 0 Å². The van der Waals surface area contributed by atoms with Gasteiger partial charge >= 0.3 is 0 Å². The van der Waals surface area contributed by atoms with E-state index < -0.39 is 0 Å². The lowest BCUT2D eigenvalue weighted by molar-refractivity contribution is -0.116. The van der Waals surface area contributed by atoms with E-state index in [0.29, 0.717) is 6.54 Å². The molecule has 74 valence electrons. The van der Waals surface area contributed by atoms with Crippen LogP contribution in [0.1, 0.15) is 11.1 Å². The van der Waals surface area contributed by atoms with Gasteiger partial charge in [0.2, 0.25) is 5.91 Å². The summed E-state index contributed by atoms with van der Waals surface area (Å²) in [6.45, 7) is 4.50. The quantitative estimate of drug-likeness (QED) is 0.675. The molecule has 1 aliphatic rings. The zero-order valence-electron chi connectivity index (χ0n) is 8.72. The van der Waals surface area contributed by atoms with E-state index in [9.17, 15) is 4.79 Å². The van der Waals surface area contributed by atoms with E-state index in [2.05, 4.69) is 18.3 Å². The van der Waals surface area contributed by atoms with Crippen molar-refractivity contribution in [3.63, 3.8) is 0 Å². The van der Waals surface area contributed by atoms with Gasteiger partial charge in [0.15, 0.2) is 0 Å². The highest BCUT2D eigenvalue weighted by Gasteiger charge is 2.22. The second-order valence-corrected chi connectivity index (χ2v) is 3.71. The highest BCUT2D eigenvalue weighted by Crippen LogP contribution is 2.33. The van der Waals surface area contributed by atoms with Gasteiger partial charge < -0.3 is 10.2 Å². The van der Waals surface area contributed by atoms with Crippen LogP contribution >= 0.6 is 0 Å². The molecule has 0 aliphatic carbocycles. The molecular formula is C11H14N2O. The summed E-state index contributed by atoms with van der Waals surface area (Å²) < 4.78 is 0. The molecule has 0 unspecified atom stereocenters. The fourth-order valence-electron chi connectivity index (χ4n) is 1.79. The number of anilines is 2. The number of hydrogen-bond acceptors (Lipinski definition) is 2. The number of benzene rings is 1. The number of hydrogen-bond donors (Lipinski definition) is 1. The summed E-state index contributed by atoms with van der Waals surface area (Å²) in [5, 5.41) is 3.12. The third-order valence-electron chi connectivity index (χ3n) is 2.84. The van der Waals surface area contributed by atoms with Crippen molar-refractivity contribution >= 4 is 17.3 Å². The first-order chi connectivity index (χ1) is 6.61. The van der Waals surface area contributed by atoms with Gasteiger partial charge in [0.25, 0.3) is 0 Å². The van der Waals surface area contributed by atoms with Crippen LogP contribution in [0.15, 0.2) is 12.1 Å². The molecule has 1 aliphatic heterocycles. The van der Waals surface area contributed by atoms with Gasteiger partial charge in [-0.15, -0.1) is 0 Å². The van der Waals surface area contributed by atoms with E-state index in [-0.39, 0.29) is 5.91 Å². The molecule has 0 aromatic heterocycles. The van der Waals surface area contributed by atoms with Crippen LogP contribution in [-0.4, -0.2) is 19.5 Å². The van der Waals surface area contributed by atoms with Gasteiger partial charge in [0.1, 0.15) is 0 Å². The summed E-state index contributed by atoms with van der Waals surface area (Å²) in [5.74, 6) is 0.117. The molecule has 0 saturated heterocycles. The normalized spacial score (nSPS) is 15.1. The van der Waals surface area contributed by atoms with Crippen LogP contribution in [0.25, 0.3) is 0 Å². The highest BCUT2D eigenvalue weighted by atomic mass is 16.2. The van der Waals surface area contributed by atoms with Gasteiger partial charge in [-0.1, -0.05) is 6.07 Å². The Kier molecular flexibility index (Phi) is 1.95. The van der Waals surface area contributed by atoms with E-state index in [0.717, 1.165) is 11.4 Å². The first kappa shape index (κ1) is 9.06. The minimum absolute atomic E-state index is 0.117. The first-order valence-corrected chi connectivity index (χ1v) is 4.72. The van der Waals surface area contributed by atoms with Crippen molar-refractivity contribution < 1.29 is 4.79 Å². The highest BCUT2D eigenvalue weighted by molar-refractivity contribution is 6.03. The van der Waals surface area contributed by atoms with Crippen molar-refractivity contribution in [2.75, 3.05) is 23.8 Å². The molecule has 2 rings (SSSR count). The molecule has 1 heterocycles. The molecule has 1 aromatic rings. The molecule has 0 spiro atoms. The third kappa shape index (κ3) is 1.16. The smallest absolute Gasteiger partial charge is 0.246 e. The number of nitrogens with one attached hydrogen (secondary N) is 1. The van der Waals surface area contributed by atoms with Gasteiger partial charge in [0, 0.05) is 7.05 Å². The maximum Gasteiger partial charge on any atom is 0.246 e. The van der Waals surface area contributed by atoms with Crippen LogP contribution in [0.2, 0.25) is 0 Å². The minimum Gasteiger partial charge on any atom is -0.374 e. The van der Waals surface area contributed by atoms with Gasteiger partial charge in [-0.3, -0.25) is 4.79 Å². The zero-order valence-corrected chi connectivity index (χ0v) is 8.72. The monoisotopic (exact) mass is 190 g/mol. The SMILES string of the molecule is Cc1ccc2c(c1C)N(C)C(=O)CN2. The van der Waals surface area contributed by atoms with E-state index in [1.807, 2.05) is 20.0 Å². The van der Waals surface area contributed by atoms with Crippen molar-refractivity contribution in [2.24, 2.45) is 0 Å². The Hall–Kier alpha value is -1.51. The van der Waals surface area contributed by atoms with Crippen LogP contribution in [0.3, 0.4) is 0 Å². The van der Waals surface area contributed by atoms with Crippen molar-refractivity contribution in [1.29, 1.82) is 0 Å². The molecule has 0 fully saturated rings. The van der Waals surface area contributed by atoms with E-state index in [1.165, 1.54) is 11.1 Å². The summed E-state index contributed by atoms with van der Waals surface area (Å²) in [5.41, 5.74) is 4.45. The van der Waals surface area contributed by atoms with Crippen molar-refractivity contribution in [3.05, 3.63) is 23.3 Å². The number of likely N-dealkylation sites (N-methyl/N-ethyl adjacent to an activating group) is 1. The molecular weight excluding hydrogens is 176 g/mol. The van der Waals surface area contributed by atoms with Crippen molar-refractivity contribution in [3.8, 4) is 0 Å². The molecule has 0 saturated carbocycles. The molecule has 0 radical (unpaired) electrons. The summed E-state index contributed by atoms with van der Waals surface area (Å²) in [7, 11) is 1.83. The van der Waals surface area contributed by atoms with Gasteiger partial charge in [0.05, 0.1) is 17.9 Å². The molecule has 1 N–H and O–H groups in total. The topological polar surface area (TPSA) is 32.3 Å². The van der Waals surface area contributed by atoms with E-state index in [4.69, 9.17) is 0 Å². The number of amides is 1. The second-order valence-electron chi connectivity index (χ2n) is 3.71. The summed E-state index contributed by atoms with van der Waals surface area (Å²) in [6, 6.07) is 4.10. The second kappa shape index (κ2) is 3.01. The largest absolute Gasteiger partial charge is 0.374 e. The average Bonchev–Trinajstić information content (AvgIpc) is 2.17. The standard InChI is InChI=1S/C11H14N2O/c1-7-4-5-9-11(8(7)2)13(3)10(14)6-12-9/h4-5,12H,6H2,1-3H3. The first-order valence-electron chi connectivity index (χ1n) is 4.72. The summed E-state index contributed by atoms with van der Waals surface area (Å²) in [6.07, 6.45) is 0. The fourth-order valence-corrected chi connectivity index (χ4v) is 1.79. The maximum atomic E-state index is 11.5. The third-order valence-corrected chi connectivity index (χ3v) is 2.84.